The van der Waals surface area contributed by atoms with E-state index in [0.29, 0.717) is 13.2 Å². The standard InChI is InChI=1S/C23H26N2O6/c1-29-21(27)19-18(20(26)22-30-12-13-31-22)24(14-16-8-4-2-5-9-16)23(28)25(19)15-17-10-6-3-7-11-17/h2-11,18-20,22,26H,12-15H2,1H3/t18-,19-,20+/m0/s1. The van der Waals surface area contributed by atoms with E-state index in [-0.39, 0.29) is 19.1 Å². The van der Waals surface area contributed by atoms with Gasteiger partial charge in [-0.15, -0.1) is 0 Å². The van der Waals surface area contributed by atoms with Gasteiger partial charge in [0.15, 0.2) is 12.3 Å². The second-order valence-electron chi connectivity index (χ2n) is 7.57. The number of esters is 1. The summed E-state index contributed by atoms with van der Waals surface area (Å²) in [6, 6.07) is 16.6. The maximum Gasteiger partial charge on any atom is 0.330 e. The maximum absolute atomic E-state index is 13.5. The van der Waals surface area contributed by atoms with Crippen molar-refractivity contribution in [3.05, 3.63) is 71.8 Å². The molecule has 2 amide bonds. The number of aliphatic hydroxyl groups is 1. The number of urea groups is 1. The zero-order valence-electron chi connectivity index (χ0n) is 17.3. The van der Waals surface area contributed by atoms with Crippen LogP contribution in [-0.2, 0) is 32.1 Å². The molecular weight excluding hydrogens is 400 g/mol. The second-order valence-corrected chi connectivity index (χ2v) is 7.57. The number of rotatable bonds is 7. The number of aliphatic hydroxyl groups excluding tert-OH is 1. The van der Waals surface area contributed by atoms with Gasteiger partial charge in [-0.05, 0) is 11.1 Å². The van der Waals surface area contributed by atoms with Crippen molar-refractivity contribution < 1.29 is 28.9 Å². The minimum absolute atomic E-state index is 0.209. The molecule has 0 aromatic heterocycles. The number of carbonyl (C=O) groups excluding carboxylic acids is 2. The highest BCUT2D eigenvalue weighted by atomic mass is 16.7. The van der Waals surface area contributed by atoms with Crippen molar-refractivity contribution in [2.24, 2.45) is 0 Å². The molecule has 2 aromatic rings. The lowest BCUT2D eigenvalue weighted by molar-refractivity contribution is -0.158. The number of hydrogen-bond acceptors (Lipinski definition) is 6. The molecular formula is C23H26N2O6. The highest BCUT2D eigenvalue weighted by Crippen LogP contribution is 2.32. The van der Waals surface area contributed by atoms with Gasteiger partial charge >= 0.3 is 12.0 Å². The van der Waals surface area contributed by atoms with Crippen LogP contribution < -0.4 is 0 Å². The highest BCUT2D eigenvalue weighted by Gasteiger charge is 2.55. The molecule has 4 rings (SSSR count). The summed E-state index contributed by atoms with van der Waals surface area (Å²) in [5.74, 6) is -0.595. The molecule has 0 unspecified atom stereocenters. The lowest BCUT2D eigenvalue weighted by Crippen LogP contribution is -2.54. The molecule has 2 aromatic carbocycles. The first-order valence-corrected chi connectivity index (χ1v) is 10.2. The normalized spacial score (nSPS) is 22.7. The van der Waals surface area contributed by atoms with Gasteiger partial charge < -0.3 is 29.1 Å². The van der Waals surface area contributed by atoms with Crippen LogP contribution in [0.3, 0.4) is 0 Å². The highest BCUT2D eigenvalue weighted by molar-refractivity contribution is 5.88. The number of ether oxygens (including phenoxy) is 3. The average Bonchev–Trinajstić information content (AvgIpc) is 3.43. The fraction of sp³-hybridized carbons (Fsp3) is 0.391. The van der Waals surface area contributed by atoms with E-state index in [1.807, 2.05) is 60.7 Å². The lowest BCUT2D eigenvalue weighted by atomic mass is 10.00. The molecule has 0 saturated carbocycles. The Labute approximate surface area is 180 Å². The molecule has 2 saturated heterocycles. The van der Waals surface area contributed by atoms with Crippen LogP contribution in [0.1, 0.15) is 11.1 Å². The molecule has 1 N–H and O–H groups in total. The van der Waals surface area contributed by atoms with E-state index in [0.717, 1.165) is 11.1 Å². The largest absolute Gasteiger partial charge is 0.467 e. The number of methoxy groups -OCH3 is 1. The molecule has 2 aliphatic heterocycles. The van der Waals surface area contributed by atoms with Crippen LogP contribution in [0.2, 0.25) is 0 Å². The zero-order valence-corrected chi connectivity index (χ0v) is 17.3. The van der Waals surface area contributed by atoms with E-state index in [1.54, 1.807) is 0 Å². The summed E-state index contributed by atoms with van der Waals surface area (Å²) in [4.78, 5) is 29.3. The summed E-state index contributed by atoms with van der Waals surface area (Å²) in [5, 5.41) is 11.1. The molecule has 2 fully saturated rings. The van der Waals surface area contributed by atoms with Crippen LogP contribution >= 0.6 is 0 Å². The van der Waals surface area contributed by atoms with Gasteiger partial charge in [-0.25, -0.2) is 9.59 Å². The summed E-state index contributed by atoms with van der Waals surface area (Å²) in [6.45, 7) is 1.13. The molecule has 2 aliphatic rings. The van der Waals surface area contributed by atoms with E-state index in [4.69, 9.17) is 14.2 Å². The van der Waals surface area contributed by atoms with Crippen LogP contribution in [0.4, 0.5) is 4.79 Å². The van der Waals surface area contributed by atoms with Crippen molar-refractivity contribution in [1.82, 2.24) is 9.80 Å². The number of amides is 2. The topological polar surface area (TPSA) is 88.5 Å². The van der Waals surface area contributed by atoms with Gasteiger partial charge in [-0.3, -0.25) is 0 Å². The van der Waals surface area contributed by atoms with Crippen LogP contribution in [0.5, 0.6) is 0 Å². The van der Waals surface area contributed by atoms with E-state index in [2.05, 4.69) is 0 Å². The van der Waals surface area contributed by atoms with Gasteiger partial charge in [0.25, 0.3) is 0 Å². The summed E-state index contributed by atoms with van der Waals surface area (Å²) in [7, 11) is 1.28. The number of carbonyl (C=O) groups is 2. The average molecular weight is 426 g/mol. The first-order chi connectivity index (χ1) is 15.1. The smallest absolute Gasteiger partial charge is 0.330 e. The van der Waals surface area contributed by atoms with E-state index >= 15 is 0 Å². The van der Waals surface area contributed by atoms with Gasteiger partial charge in [0, 0.05) is 13.1 Å². The Hall–Kier alpha value is -2.94. The third kappa shape index (κ3) is 4.41. The molecule has 0 bridgehead atoms. The van der Waals surface area contributed by atoms with Gasteiger partial charge in [0.2, 0.25) is 0 Å². The zero-order chi connectivity index (χ0) is 21.8. The van der Waals surface area contributed by atoms with Crippen molar-refractivity contribution in [2.45, 2.75) is 37.6 Å². The fourth-order valence-electron chi connectivity index (χ4n) is 4.16. The van der Waals surface area contributed by atoms with Crippen LogP contribution in [0.15, 0.2) is 60.7 Å². The van der Waals surface area contributed by atoms with Crippen molar-refractivity contribution in [1.29, 1.82) is 0 Å². The van der Waals surface area contributed by atoms with Crippen molar-refractivity contribution in [3.63, 3.8) is 0 Å². The molecule has 0 spiro atoms. The molecule has 0 radical (unpaired) electrons. The molecule has 31 heavy (non-hydrogen) atoms. The van der Waals surface area contributed by atoms with Crippen molar-refractivity contribution in [3.8, 4) is 0 Å². The number of nitrogens with zero attached hydrogens (tertiary/aromatic N) is 2. The summed E-state index contributed by atoms with van der Waals surface area (Å²) in [6.07, 6.45) is -2.14. The van der Waals surface area contributed by atoms with Gasteiger partial charge in [-0.1, -0.05) is 60.7 Å². The first-order valence-electron chi connectivity index (χ1n) is 10.2. The number of hydrogen-bond donors (Lipinski definition) is 1. The summed E-state index contributed by atoms with van der Waals surface area (Å²) >= 11 is 0. The summed E-state index contributed by atoms with van der Waals surface area (Å²) < 4.78 is 16.0. The lowest BCUT2D eigenvalue weighted by Gasteiger charge is -2.32. The van der Waals surface area contributed by atoms with Crippen molar-refractivity contribution >= 4 is 12.0 Å². The Morgan fingerprint density at radius 3 is 2.03 bits per heavy atom. The minimum Gasteiger partial charge on any atom is -0.467 e. The van der Waals surface area contributed by atoms with E-state index < -0.39 is 30.4 Å². The minimum atomic E-state index is -1.22. The number of benzene rings is 2. The van der Waals surface area contributed by atoms with Crippen LogP contribution in [-0.4, -0.2) is 71.7 Å². The van der Waals surface area contributed by atoms with Gasteiger partial charge in [-0.2, -0.15) is 0 Å². The van der Waals surface area contributed by atoms with Crippen LogP contribution in [0.25, 0.3) is 0 Å². The van der Waals surface area contributed by atoms with Crippen LogP contribution in [0, 0.1) is 0 Å². The molecule has 8 heteroatoms. The Morgan fingerprint density at radius 2 is 1.52 bits per heavy atom. The SMILES string of the molecule is COC(=O)[C@@H]1[C@@H]([C@@H](O)C2OCCO2)N(Cc2ccccc2)C(=O)N1Cc1ccccc1. The van der Waals surface area contributed by atoms with E-state index in [1.165, 1.54) is 16.9 Å². The Balaban J connectivity index is 1.71. The first kappa shape index (κ1) is 21.3. The fourth-order valence-corrected chi connectivity index (χ4v) is 4.16. The van der Waals surface area contributed by atoms with Gasteiger partial charge in [0.1, 0.15) is 6.10 Å². The molecule has 8 nitrogen and oxygen atoms in total. The Bertz CT molecular complexity index is 887. The third-order valence-corrected chi connectivity index (χ3v) is 5.62. The molecule has 2 heterocycles. The molecule has 164 valence electrons. The van der Waals surface area contributed by atoms with Gasteiger partial charge in [0.05, 0.1) is 26.4 Å². The Morgan fingerprint density at radius 1 is 1.00 bits per heavy atom. The molecule has 0 aliphatic carbocycles. The maximum atomic E-state index is 13.5. The van der Waals surface area contributed by atoms with E-state index in [9.17, 15) is 14.7 Å². The predicted molar refractivity (Wildman–Crippen MR) is 111 cm³/mol. The summed E-state index contributed by atoms with van der Waals surface area (Å²) in [5.41, 5.74) is 1.75. The van der Waals surface area contributed by atoms with Crippen molar-refractivity contribution in [2.75, 3.05) is 20.3 Å². The second kappa shape index (κ2) is 9.47. The Kier molecular flexibility index (Phi) is 6.50. The quantitative estimate of drug-likeness (QED) is 0.679. The molecule has 3 atom stereocenters. The predicted octanol–water partition coefficient (Wildman–Crippen LogP) is 1.77. The monoisotopic (exact) mass is 426 g/mol. The third-order valence-electron chi connectivity index (χ3n) is 5.62.